The van der Waals surface area contributed by atoms with Crippen molar-refractivity contribution in [3.05, 3.63) is 65.7 Å². The summed E-state index contributed by atoms with van der Waals surface area (Å²) in [7, 11) is 0. The molecule has 0 radical (unpaired) electrons. The fourth-order valence-electron chi connectivity index (χ4n) is 5.35. The quantitative estimate of drug-likeness (QED) is 0.457. The van der Waals surface area contributed by atoms with Gasteiger partial charge in [0.1, 0.15) is 18.1 Å². The Labute approximate surface area is 231 Å². The van der Waals surface area contributed by atoms with Gasteiger partial charge >= 0.3 is 6.03 Å². The molecule has 2 fully saturated rings. The van der Waals surface area contributed by atoms with Crippen molar-refractivity contribution in [1.29, 1.82) is 0 Å². The molecule has 3 amide bonds. The molecule has 39 heavy (non-hydrogen) atoms. The number of aliphatic hydroxyl groups is 1. The molecule has 0 spiro atoms. The van der Waals surface area contributed by atoms with Crippen LogP contribution in [-0.4, -0.2) is 81.5 Å². The third kappa shape index (κ3) is 6.71. The lowest BCUT2D eigenvalue weighted by Gasteiger charge is -2.57. The lowest BCUT2D eigenvalue weighted by molar-refractivity contribution is -0.227. The number of hydrogen-bond acceptors (Lipinski definition) is 6. The average molecular weight is 534 g/mol. The van der Waals surface area contributed by atoms with Crippen LogP contribution >= 0.6 is 0 Å². The second-order valence-corrected chi connectivity index (χ2v) is 9.90. The van der Waals surface area contributed by atoms with E-state index in [4.69, 9.17) is 11.2 Å². The summed E-state index contributed by atoms with van der Waals surface area (Å²) >= 11 is 0. The molecule has 0 aromatic heterocycles. The van der Waals surface area contributed by atoms with Crippen LogP contribution in [0.1, 0.15) is 44.2 Å². The number of ether oxygens (including phenoxy) is 1. The number of carbonyl (C=O) groups excluding carboxylic acids is 2. The van der Waals surface area contributed by atoms with Gasteiger partial charge in [0.25, 0.3) is 0 Å². The van der Waals surface area contributed by atoms with Gasteiger partial charge in [0.05, 0.1) is 32.3 Å². The molecule has 9 heteroatoms. The Hall–Kier alpha value is -3.58. The Bertz CT molecular complexity index is 1140. The van der Waals surface area contributed by atoms with E-state index in [1.165, 1.54) is 0 Å². The molecule has 0 bridgehead atoms. The van der Waals surface area contributed by atoms with Crippen LogP contribution in [0.3, 0.4) is 0 Å². The van der Waals surface area contributed by atoms with Gasteiger partial charge in [0, 0.05) is 13.1 Å². The van der Waals surface area contributed by atoms with Gasteiger partial charge in [-0.25, -0.2) is 14.7 Å². The molecule has 2 heterocycles. The lowest BCUT2D eigenvalue weighted by Crippen LogP contribution is -2.77. The molecule has 0 aliphatic carbocycles. The summed E-state index contributed by atoms with van der Waals surface area (Å²) < 4.78 is 5.56. The zero-order chi connectivity index (χ0) is 27.8. The number of nitrogens with one attached hydrogen (secondary N) is 1. The second-order valence-electron chi connectivity index (χ2n) is 9.90. The van der Waals surface area contributed by atoms with Crippen molar-refractivity contribution >= 4 is 11.9 Å². The summed E-state index contributed by atoms with van der Waals surface area (Å²) in [6, 6.07) is 16.5. The van der Waals surface area contributed by atoms with Crippen molar-refractivity contribution in [2.45, 2.75) is 64.6 Å². The Morgan fingerprint density at radius 1 is 1.10 bits per heavy atom. The van der Waals surface area contributed by atoms with E-state index in [0.717, 1.165) is 29.7 Å². The third-order valence-corrected chi connectivity index (χ3v) is 7.20. The molecule has 2 saturated heterocycles. The Morgan fingerprint density at radius 3 is 2.51 bits per heavy atom. The summed E-state index contributed by atoms with van der Waals surface area (Å²) in [6.07, 6.45) is 6.50. The van der Waals surface area contributed by atoms with Gasteiger partial charge in [-0.05, 0) is 36.6 Å². The van der Waals surface area contributed by atoms with Crippen molar-refractivity contribution < 1.29 is 19.4 Å². The standard InChI is InChI=1S/C30H39N5O4/c1-4-7-13-26-29(37)32(20-24-14-16-25(17-15-24)39-6-3)21-27-34(26)28(36)22-33(18-5-2)35(27)30(38)31-19-23-11-9-8-10-12-23/h2,8-12,14-17,26-28,36H,4,6-7,13,18-22H2,1,3H3,(H,31,38)/t26-,27-,28?/m0/s1. The molecule has 0 saturated carbocycles. The van der Waals surface area contributed by atoms with Crippen LogP contribution in [-0.2, 0) is 17.9 Å². The Kier molecular flexibility index (Phi) is 9.82. The van der Waals surface area contributed by atoms with E-state index in [2.05, 4.69) is 18.2 Å². The maximum absolute atomic E-state index is 13.8. The van der Waals surface area contributed by atoms with Crippen molar-refractivity contribution in [3.8, 4) is 18.1 Å². The Balaban J connectivity index is 1.62. The van der Waals surface area contributed by atoms with Crippen LogP contribution in [0.25, 0.3) is 0 Å². The highest BCUT2D eigenvalue weighted by Crippen LogP contribution is 2.31. The molecule has 2 aliphatic rings. The van der Waals surface area contributed by atoms with E-state index in [-0.39, 0.29) is 31.6 Å². The van der Waals surface area contributed by atoms with Crippen LogP contribution in [0.15, 0.2) is 54.6 Å². The van der Waals surface area contributed by atoms with Gasteiger partial charge in [-0.1, -0.05) is 68.2 Å². The summed E-state index contributed by atoms with van der Waals surface area (Å²) in [4.78, 5) is 31.0. The number of urea groups is 1. The minimum Gasteiger partial charge on any atom is -0.494 e. The highest BCUT2D eigenvalue weighted by atomic mass is 16.5. The molecule has 9 nitrogen and oxygen atoms in total. The largest absolute Gasteiger partial charge is 0.494 e. The van der Waals surface area contributed by atoms with Crippen molar-refractivity contribution in [2.75, 3.05) is 26.2 Å². The molecule has 2 aromatic carbocycles. The second kappa shape index (κ2) is 13.5. The number of unbranched alkanes of at least 4 members (excludes halogenated alkanes) is 1. The molecular weight excluding hydrogens is 494 g/mol. The van der Waals surface area contributed by atoms with Gasteiger partial charge in [0.15, 0.2) is 0 Å². The first-order valence-electron chi connectivity index (χ1n) is 13.7. The van der Waals surface area contributed by atoms with Gasteiger partial charge in [-0.3, -0.25) is 4.79 Å². The molecule has 2 N–H and O–H groups in total. The van der Waals surface area contributed by atoms with Crippen LogP contribution in [0, 0.1) is 12.3 Å². The van der Waals surface area contributed by atoms with Gasteiger partial charge in [-0.2, -0.15) is 5.01 Å². The van der Waals surface area contributed by atoms with Crippen LogP contribution in [0.2, 0.25) is 0 Å². The Morgan fingerprint density at radius 2 is 1.85 bits per heavy atom. The van der Waals surface area contributed by atoms with Crippen molar-refractivity contribution in [3.63, 3.8) is 0 Å². The van der Waals surface area contributed by atoms with E-state index in [0.29, 0.717) is 26.1 Å². The molecule has 2 aromatic rings. The number of fused-ring (bicyclic) bond motifs is 1. The molecule has 208 valence electrons. The van der Waals surface area contributed by atoms with Crippen molar-refractivity contribution in [1.82, 2.24) is 25.1 Å². The summed E-state index contributed by atoms with van der Waals surface area (Å²) in [6.45, 7) is 5.87. The topological polar surface area (TPSA) is 88.6 Å². The minimum atomic E-state index is -0.931. The van der Waals surface area contributed by atoms with E-state index >= 15 is 0 Å². The van der Waals surface area contributed by atoms with E-state index in [1.54, 1.807) is 14.9 Å². The van der Waals surface area contributed by atoms with Crippen molar-refractivity contribution in [2.24, 2.45) is 0 Å². The number of hydrazine groups is 1. The number of rotatable bonds is 10. The zero-order valence-electron chi connectivity index (χ0n) is 22.8. The third-order valence-electron chi connectivity index (χ3n) is 7.20. The van der Waals surface area contributed by atoms with Crippen LogP contribution in [0.4, 0.5) is 4.79 Å². The summed E-state index contributed by atoms with van der Waals surface area (Å²) in [5.74, 6) is 3.35. The molecule has 3 atom stereocenters. The summed E-state index contributed by atoms with van der Waals surface area (Å²) in [5.41, 5.74) is 1.94. The first kappa shape index (κ1) is 28.4. The fourth-order valence-corrected chi connectivity index (χ4v) is 5.35. The number of benzene rings is 2. The van der Waals surface area contributed by atoms with E-state index in [9.17, 15) is 14.7 Å². The zero-order valence-corrected chi connectivity index (χ0v) is 22.8. The molecule has 4 rings (SSSR count). The molecule has 1 unspecified atom stereocenters. The first-order chi connectivity index (χ1) is 19.0. The van der Waals surface area contributed by atoms with Gasteiger partial charge in [0.2, 0.25) is 5.91 Å². The highest BCUT2D eigenvalue weighted by molar-refractivity contribution is 5.83. The summed E-state index contributed by atoms with van der Waals surface area (Å²) in [5, 5.41) is 17.5. The first-order valence-corrected chi connectivity index (χ1v) is 13.7. The van der Waals surface area contributed by atoms with Gasteiger partial charge < -0.3 is 20.1 Å². The monoisotopic (exact) mass is 533 g/mol. The number of carbonyl (C=O) groups is 2. The average Bonchev–Trinajstić information content (AvgIpc) is 2.94. The number of β-amino-alcohol motifs (C(OH)–C–C–N with tert-alkyl or cyclic N) is 1. The number of piperazine rings is 1. The smallest absolute Gasteiger partial charge is 0.333 e. The maximum Gasteiger partial charge on any atom is 0.333 e. The molecular formula is C30H39N5O4. The predicted octanol–water partition coefficient (Wildman–Crippen LogP) is 3.01. The maximum atomic E-state index is 13.8. The SMILES string of the molecule is C#CCN1CC(O)N2[C@@H](CCCC)C(=O)N(Cc3ccc(OCC)cc3)C[C@@H]2N1C(=O)NCc1ccccc1. The van der Waals surface area contributed by atoms with E-state index < -0.39 is 18.4 Å². The highest BCUT2D eigenvalue weighted by Gasteiger charge is 2.51. The number of aliphatic hydroxyl groups excluding tert-OH is 1. The van der Waals surface area contributed by atoms with E-state index in [1.807, 2.05) is 66.4 Å². The number of hydrogen-bond donors (Lipinski definition) is 2. The van der Waals surface area contributed by atoms with Crippen LogP contribution < -0.4 is 10.1 Å². The number of nitrogens with zero attached hydrogens (tertiary/aromatic N) is 4. The predicted molar refractivity (Wildman–Crippen MR) is 149 cm³/mol. The number of amides is 3. The lowest BCUT2D eigenvalue weighted by atomic mass is 10.00. The minimum absolute atomic E-state index is 0.0392. The fraction of sp³-hybridized carbons (Fsp3) is 0.467. The van der Waals surface area contributed by atoms with Gasteiger partial charge in [-0.15, -0.1) is 6.42 Å². The number of terminal acetylenes is 1. The normalized spacial score (nSPS) is 21.8. The van der Waals surface area contributed by atoms with Crippen LogP contribution in [0.5, 0.6) is 5.75 Å². The molecule has 2 aliphatic heterocycles.